The van der Waals surface area contributed by atoms with Gasteiger partial charge in [0.2, 0.25) is 0 Å². The third kappa shape index (κ3) is 3.95. The van der Waals surface area contributed by atoms with Gasteiger partial charge in [0.05, 0.1) is 27.8 Å². The zero-order valence-electron chi connectivity index (χ0n) is 17.5. The molecule has 0 saturated carbocycles. The molecular weight excluding hydrogens is 449 g/mol. The molecule has 0 radical (unpaired) electrons. The normalized spacial score (nSPS) is 17.8. The molecule has 4 heterocycles. The van der Waals surface area contributed by atoms with Crippen molar-refractivity contribution >= 4 is 34.1 Å². The van der Waals surface area contributed by atoms with Crippen LogP contribution in [-0.2, 0) is 0 Å². The van der Waals surface area contributed by atoms with Crippen molar-refractivity contribution in [1.29, 1.82) is 0 Å². The number of hydrogen-bond acceptors (Lipinski definition) is 6. The number of rotatable bonds is 6. The topological polar surface area (TPSA) is 97.9 Å². The molecule has 4 aromatic rings. The maximum atomic E-state index is 6.23. The van der Waals surface area contributed by atoms with Crippen LogP contribution in [0.2, 0.25) is 10.0 Å². The summed E-state index contributed by atoms with van der Waals surface area (Å²) in [5, 5.41) is 13.8. The summed E-state index contributed by atoms with van der Waals surface area (Å²) < 4.78 is 8.00. The molecule has 0 amide bonds. The molecule has 3 N–H and O–H groups in total. The fourth-order valence-electron chi connectivity index (χ4n) is 4.16. The van der Waals surface area contributed by atoms with E-state index in [0.717, 1.165) is 48.2 Å². The molecule has 32 heavy (non-hydrogen) atoms. The van der Waals surface area contributed by atoms with Gasteiger partial charge < -0.3 is 9.64 Å². The molecule has 1 aliphatic rings. The second kappa shape index (κ2) is 8.71. The molecule has 0 bridgehead atoms. The van der Waals surface area contributed by atoms with Gasteiger partial charge in [0.15, 0.2) is 6.23 Å². The Kier molecular flexibility index (Phi) is 5.77. The summed E-state index contributed by atoms with van der Waals surface area (Å²) in [5.74, 6) is 0.582. The molecular formula is C22H23Cl2N7O. The monoisotopic (exact) mass is 471 g/mol. The highest BCUT2D eigenvalue weighted by Crippen LogP contribution is 2.33. The lowest BCUT2D eigenvalue weighted by atomic mass is 10.1. The van der Waals surface area contributed by atoms with Crippen LogP contribution in [0.4, 0.5) is 0 Å². The van der Waals surface area contributed by atoms with Crippen LogP contribution >= 0.6 is 23.2 Å². The SMILES string of the molecule is CCN1CC[C@H](n2cc(-c3n[nH]c4ccc(O[C@H](N)c5c(Cl)cncc5Cl)cc34)cn2)C1. The van der Waals surface area contributed by atoms with Crippen molar-refractivity contribution in [2.24, 2.45) is 5.73 Å². The Balaban J connectivity index is 1.41. The summed E-state index contributed by atoms with van der Waals surface area (Å²) in [6.07, 6.45) is 7.18. The molecule has 1 aliphatic heterocycles. The second-order valence-corrected chi connectivity index (χ2v) is 8.69. The van der Waals surface area contributed by atoms with E-state index in [0.29, 0.717) is 27.4 Å². The average molecular weight is 472 g/mol. The molecule has 8 nitrogen and oxygen atoms in total. The summed E-state index contributed by atoms with van der Waals surface area (Å²) in [4.78, 5) is 6.39. The largest absolute Gasteiger partial charge is 0.471 e. The Bertz CT molecular complexity index is 1230. The second-order valence-electron chi connectivity index (χ2n) is 7.88. The van der Waals surface area contributed by atoms with Crippen LogP contribution < -0.4 is 10.5 Å². The van der Waals surface area contributed by atoms with Gasteiger partial charge in [0.1, 0.15) is 11.4 Å². The van der Waals surface area contributed by atoms with Crippen molar-refractivity contribution in [1.82, 2.24) is 29.9 Å². The van der Waals surface area contributed by atoms with Crippen LogP contribution in [0, 0.1) is 0 Å². The smallest absolute Gasteiger partial charge is 0.177 e. The Morgan fingerprint density at radius 3 is 2.81 bits per heavy atom. The average Bonchev–Trinajstić information content (AvgIpc) is 3.52. The van der Waals surface area contributed by atoms with E-state index in [1.54, 1.807) is 0 Å². The van der Waals surface area contributed by atoms with Gasteiger partial charge in [0.25, 0.3) is 0 Å². The first-order valence-electron chi connectivity index (χ1n) is 10.5. The van der Waals surface area contributed by atoms with Crippen molar-refractivity contribution in [2.45, 2.75) is 25.6 Å². The van der Waals surface area contributed by atoms with Crippen molar-refractivity contribution < 1.29 is 4.74 Å². The van der Waals surface area contributed by atoms with Crippen molar-refractivity contribution in [2.75, 3.05) is 19.6 Å². The molecule has 1 saturated heterocycles. The number of likely N-dealkylation sites (tertiary alicyclic amines) is 1. The third-order valence-electron chi connectivity index (χ3n) is 5.92. The van der Waals surface area contributed by atoms with Crippen LogP contribution in [0.15, 0.2) is 43.0 Å². The number of pyridine rings is 1. The predicted molar refractivity (Wildman–Crippen MR) is 125 cm³/mol. The van der Waals surface area contributed by atoms with E-state index >= 15 is 0 Å². The summed E-state index contributed by atoms with van der Waals surface area (Å²) >= 11 is 12.4. The van der Waals surface area contributed by atoms with Gasteiger partial charge >= 0.3 is 0 Å². The van der Waals surface area contributed by atoms with Crippen LogP contribution in [0.5, 0.6) is 5.75 Å². The molecule has 1 aromatic carbocycles. The van der Waals surface area contributed by atoms with E-state index in [-0.39, 0.29) is 0 Å². The minimum Gasteiger partial charge on any atom is -0.471 e. The highest BCUT2D eigenvalue weighted by Gasteiger charge is 2.24. The number of halogens is 2. The highest BCUT2D eigenvalue weighted by molar-refractivity contribution is 6.35. The maximum Gasteiger partial charge on any atom is 0.177 e. The number of fused-ring (bicyclic) bond motifs is 1. The fourth-order valence-corrected chi connectivity index (χ4v) is 4.74. The fraction of sp³-hybridized carbons (Fsp3) is 0.318. The van der Waals surface area contributed by atoms with Crippen molar-refractivity contribution in [3.8, 4) is 17.0 Å². The van der Waals surface area contributed by atoms with Gasteiger partial charge in [-0.2, -0.15) is 10.2 Å². The number of aromatic amines is 1. The van der Waals surface area contributed by atoms with Gasteiger partial charge in [-0.05, 0) is 31.2 Å². The van der Waals surface area contributed by atoms with E-state index in [4.69, 9.17) is 33.7 Å². The number of hydrogen-bond donors (Lipinski definition) is 2. The minimum absolute atomic E-state index is 0.357. The molecule has 0 aliphatic carbocycles. The quantitative estimate of drug-likeness (QED) is 0.403. The van der Waals surface area contributed by atoms with Gasteiger partial charge in [-0.1, -0.05) is 30.1 Å². The predicted octanol–water partition coefficient (Wildman–Crippen LogP) is 4.43. The Morgan fingerprint density at radius 1 is 1.25 bits per heavy atom. The summed E-state index contributed by atoms with van der Waals surface area (Å²) in [6.45, 7) is 5.38. The molecule has 1 fully saturated rings. The molecule has 5 rings (SSSR count). The first-order chi connectivity index (χ1) is 15.5. The highest BCUT2D eigenvalue weighted by atomic mass is 35.5. The molecule has 10 heteroatoms. The molecule has 0 unspecified atom stereocenters. The number of nitrogens with two attached hydrogens (primary N) is 1. The number of H-pyrrole nitrogens is 1. The van der Waals surface area contributed by atoms with Crippen LogP contribution in [0.25, 0.3) is 22.2 Å². The van der Waals surface area contributed by atoms with E-state index in [1.165, 1.54) is 12.4 Å². The maximum absolute atomic E-state index is 6.23. The van der Waals surface area contributed by atoms with Crippen LogP contribution in [-0.4, -0.2) is 49.5 Å². The number of benzene rings is 1. The minimum atomic E-state index is -0.836. The van der Waals surface area contributed by atoms with Gasteiger partial charge in [-0.25, -0.2) is 0 Å². The Hall–Kier alpha value is -2.65. The standard InChI is InChI=1S/C22H23Cl2N7O/c1-2-30-6-5-14(12-30)31-11-13(8-27-31)21-16-7-15(3-4-19(16)28-29-21)32-22(25)20-17(23)9-26-10-18(20)24/h3-4,7-11,14,22H,2,5-6,12,25H2,1H3,(H,28,29)/t14-,22-/m0/s1. The van der Waals surface area contributed by atoms with Crippen molar-refractivity contribution in [3.63, 3.8) is 0 Å². The summed E-state index contributed by atoms with van der Waals surface area (Å²) in [7, 11) is 0. The first-order valence-corrected chi connectivity index (χ1v) is 11.2. The lowest BCUT2D eigenvalue weighted by Gasteiger charge is -2.17. The van der Waals surface area contributed by atoms with Crippen LogP contribution in [0.3, 0.4) is 0 Å². The Labute approximate surface area is 195 Å². The third-order valence-corrected chi connectivity index (χ3v) is 6.52. The van der Waals surface area contributed by atoms with Crippen LogP contribution in [0.1, 0.15) is 31.2 Å². The van der Waals surface area contributed by atoms with E-state index < -0.39 is 6.23 Å². The zero-order valence-corrected chi connectivity index (χ0v) is 19.0. The lowest BCUT2D eigenvalue weighted by Crippen LogP contribution is -2.21. The lowest BCUT2D eigenvalue weighted by molar-refractivity contribution is 0.214. The molecule has 2 atom stereocenters. The Morgan fingerprint density at radius 2 is 2.06 bits per heavy atom. The molecule has 3 aromatic heterocycles. The summed E-state index contributed by atoms with van der Waals surface area (Å²) in [6, 6.07) is 6.03. The number of nitrogens with one attached hydrogen (secondary N) is 1. The summed E-state index contributed by atoms with van der Waals surface area (Å²) in [5.41, 5.74) is 9.39. The van der Waals surface area contributed by atoms with Gasteiger partial charge in [0, 0.05) is 48.2 Å². The number of nitrogens with zero attached hydrogens (tertiary/aromatic N) is 5. The molecule has 166 valence electrons. The van der Waals surface area contributed by atoms with Gasteiger partial charge in [-0.15, -0.1) is 0 Å². The van der Waals surface area contributed by atoms with Crippen molar-refractivity contribution in [3.05, 3.63) is 58.6 Å². The van der Waals surface area contributed by atoms with Gasteiger partial charge in [-0.3, -0.25) is 20.5 Å². The van der Waals surface area contributed by atoms with E-state index in [1.807, 2.05) is 24.4 Å². The van der Waals surface area contributed by atoms with E-state index in [9.17, 15) is 0 Å². The van der Waals surface area contributed by atoms with E-state index in [2.05, 4.69) is 43.0 Å². The molecule has 0 spiro atoms. The number of aromatic nitrogens is 5. The number of likely N-dealkylation sites (N-methyl/N-ethyl adjacent to an activating group) is 1. The number of ether oxygens (including phenoxy) is 1. The zero-order chi connectivity index (χ0) is 22.2. The first kappa shape index (κ1) is 21.2.